The lowest BCUT2D eigenvalue weighted by Crippen LogP contribution is -2.28. The Bertz CT molecular complexity index is 334. The molecule has 0 aliphatic rings. The van der Waals surface area contributed by atoms with Crippen molar-refractivity contribution in [3.63, 3.8) is 0 Å². The first-order chi connectivity index (χ1) is 7.49. The number of rotatable bonds is 5. The van der Waals surface area contributed by atoms with Crippen LogP contribution in [0.25, 0.3) is 0 Å². The summed E-state index contributed by atoms with van der Waals surface area (Å²) in [5.74, 6) is 0.376. The van der Waals surface area contributed by atoms with Crippen LogP contribution in [0.2, 0.25) is 0 Å². The lowest BCUT2D eigenvalue weighted by atomic mass is 9.99. The van der Waals surface area contributed by atoms with Crippen LogP contribution in [0.5, 0.6) is 0 Å². The Balaban J connectivity index is 2.55. The zero-order valence-corrected chi connectivity index (χ0v) is 10.7. The monoisotopic (exact) mass is 223 g/mol. The predicted molar refractivity (Wildman–Crippen MR) is 67.1 cm³/mol. The first kappa shape index (κ1) is 13.2. The molecular weight excluding hydrogens is 201 g/mol. The van der Waals surface area contributed by atoms with Gasteiger partial charge in [-0.25, -0.2) is 4.39 Å². The number of hydrogen-bond donors (Lipinski definition) is 1. The summed E-state index contributed by atoms with van der Waals surface area (Å²) in [7, 11) is 0. The maximum absolute atomic E-state index is 13.5. The number of benzene rings is 1. The van der Waals surface area contributed by atoms with Crippen LogP contribution in [0.15, 0.2) is 18.2 Å². The van der Waals surface area contributed by atoms with Crippen molar-refractivity contribution in [1.82, 2.24) is 5.32 Å². The molecule has 1 N–H and O–H groups in total. The Hall–Kier alpha value is -0.890. The van der Waals surface area contributed by atoms with E-state index < -0.39 is 0 Å². The first-order valence-electron chi connectivity index (χ1n) is 5.97. The summed E-state index contributed by atoms with van der Waals surface area (Å²) < 4.78 is 13.5. The highest BCUT2D eigenvalue weighted by atomic mass is 19.1. The van der Waals surface area contributed by atoms with Gasteiger partial charge in [0.25, 0.3) is 0 Å². The largest absolute Gasteiger partial charge is 0.314 e. The van der Waals surface area contributed by atoms with Crippen molar-refractivity contribution in [2.24, 2.45) is 5.92 Å². The molecule has 1 rings (SSSR count). The van der Waals surface area contributed by atoms with E-state index >= 15 is 0 Å². The molecule has 0 spiro atoms. The molecule has 1 atom stereocenters. The first-order valence-corrected chi connectivity index (χ1v) is 5.97. The predicted octanol–water partition coefficient (Wildman–Crippen LogP) is 3.31. The van der Waals surface area contributed by atoms with Gasteiger partial charge in [-0.3, -0.25) is 0 Å². The van der Waals surface area contributed by atoms with Crippen LogP contribution in [-0.4, -0.2) is 12.6 Å². The van der Waals surface area contributed by atoms with Crippen molar-refractivity contribution < 1.29 is 4.39 Å². The van der Waals surface area contributed by atoms with E-state index in [0.29, 0.717) is 12.0 Å². The van der Waals surface area contributed by atoms with Crippen LogP contribution in [0, 0.1) is 18.7 Å². The second kappa shape index (κ2) is 6.00. The topological polar surface area (TPSA) is 12.0 Å². The van der Waals surface area contributed by atoms with Crippen LogP contribution < -0.4 is 5.32 Å². The minimum absolute atomic E-state index is 0.0815. The average molecular weight is 223 g/mol. The summed E-state index contributed by atoms with van der Waals surface area (Å²) in [5, 5.41) is 3.38. The molecule has 0 bridgehead atoms. The minimum atomic E-state index is -0.0815. The van der Waals surface area contributed by atoms with E-state index in [2.05, 4.69) is 26.1 Å². The van der Waals surface area contributed by atoms with Crippen molar-refractivity contribution in [3.05, 3.63) is 35.1 Å². The Morgan fingerprint density at radius 2 is 1.94 bits per heavy atom. The third kappa shape index (κ3) is 4.31. The molecule has 0 radical (unpaired) electrons. The van der Waals surface area contributed by atoms with E-state index in [-0.39, 0.29) is 5.82 Å². The lowest BCUT2D eigenvalue weighted by molar-refractivity contribution is 0.467. The second-order valence-electron chi connectivity index (χ2n) is 4.97. The third-order valence-electron chi connectivity index (χ3n) is 2.64. The molecule has 0 amide bonds. The van der Waals surface area contributed by atoms with E-state index in [9.17, 15) is 4.39 Å². The van der Waals surface area contributed by atoms with E-state index in [1.807, 2.05) is 19.1 Å². The van der Waals surface area contributed by atoms with E-state index in [1.165, 1.54) is 0 Å². The van der Waals surface area contributed by atoms with Gasteiger partial charge in [-0.15, -0.1) is 0 Å². The SMILES string of the molecule is Cc1ccc(F)c(CC(C)CNC(C)C)c1. The smallest absolute Gasteiger partial charge is 0.126 e. The summed E-state index contributed by atoms with van der Waals surface area (Å²) in [6, 6.07) is 5.81. The number of halogens is 1. The molecule has 0 heterocycles. The molecule has 1 unspecified atom stereocenters. The molecule has 1 aromatic rings. The van der Waals surface area contributed by atoms with Gasteiger partial charge in [-0.05, 0) is 37.4 Å². The zero-order chi connectivity index (χ0) is 12.1. The second-order valence-corrected chi connectivity index (χ2v) is 4.97. The van der Waals surface area contributed by atoms with Crippen LogP contribution in [0.1, 0.15) is 31.9 Å². The lowest BCUT2D eigenvalue weighted by Gasteiger charge is -2.15. The fraction of sp³-hybridized carbons (Fsp3) is 0.571. The van der Waals surface area contributed by atoms with Gasteiger partial charge in [-0.1, -0.05) is 38.5 Å². The van der Waals surface area contributed by atoms with Crippen LogP contribution in [0.3, 0.4) is 0 Å². The highest BCUT2D eigenvalue weighted by Gasteiger charge is 2.08. The fourth-order valence-electron chi connectivity index (χ4n) is 1.74. The van der Waals surface area contributed by atoms with E-state index in [4.69, 9.17) is 0 Å². The third-order valence-corrected chi connectivity index (χ3v) is 2.64. The van der Waals surface area contributed by atoms with Gasteiger partial charge in [-0.2, -0.15) is 0 Å². The number of nitrogens with one attached hydrogen (secondary N) is 1. The minimum Gasteiger partial charge on any atom is -0.314 e. The van der Waals surface area contributed by atoms with Gasteiger partial charge in [0.1, 0.15) is 5.82 Å². The summed E-state index contributed by atoms with van der Waals surface area (Å²) in [6.07, 6.45) is 0.799. The molecule has 90 valence electrons. The van der Waals surface area contributed by atoms with Crippen molar-refractivity contribution in [3.8, 4) is 0 Å². The summed E-state index contributed by atoms with van der Waals surface area (Å²) in [5.41, 5.74) is 1.96. The molecule has 0 aliphatic heterocycles. The molecule has 0 saturated heterocycles. The van der Waals surface area contributed by atoms with Crippen LogP contribution in [-0.2, 0) is 6.42 Å². The van der Waals surface area contributed by atoms with Gasteiger partial charge in [0, 0.05) is 6.04 Å². The maximum atomic E-state index is 13.5. The summed E-state index contributed by atoms with van der Waals surface area (Å²) >= 11 is 0. The van der Waals surface area contributed by atoms with Crippen LogP contribution in [0.4, 0.5) is 4.39 Å². The zero-order valence-electron chi connectivity index (χ0n) is 10.7. The average Bonchev–Trinajstić information content (AvgIpc) is 2.20. The molecule has 0 saturated carbocycles. The fourth-order valence-corrected chi connectivity index (χ4v) is 1.74. The van der Waals surface area contributed by atoms with E-state index in [1.54, 1.807) is 6.07 Å². The molecular formula is C14H22FN. The number of aryl methyl sites for hydroxylation is 1. The van der Waals surface area contributed by atoms with Gasteiger partial charge in [0.05, 0.1) is 0 Å². The Kier molecular flexibility index (Phi) is 4.94. The standard InChI is InChI=1S/C14H22FN/c1-10(2)16-9-12(4)8-13-7-11(3)5-6-14(13)15/h5-7,10,12,16H,8-9H2,1-4H3. The highest BCUT2D eigenvalue weighted by molar-refractivity contribution is 5.24. The van der Waals surface area contributed by atoms with Gasteiger partial charge < -0.3 is 5.32 Å². The summed E-state index contributed by atoms with van der Waals surface area (Å²) in [4.78, 5) is 0. The molecule has 0 aromatic heterocycles. The quantitative estimate of drug-likeness (QED) is 0.807. The van der Waals surface area contributed by atoms with Gasteiger partial charge >= 0.3 is 0 Å². The van der Waals surface area contributed by atoms with Crippen molar-refractivity contribution in [2.45, 2.75) is 40.2 Å². The summed E-state index contributed by atoms with van der Waals surface area (Å²) in [6.45, 7) is 9.34. The Morgan fingerprint density at radius 1 is 1.25 bits per heavy atom. The normalized spacial score (nSPS) is 13.1. The molecule has 2 heteroatoms. The number of hydrogen-bond acceptors (Lipinski definition) is 1. The van der Waals surface area contributed by atoms with Gasteiger partial charge in [0.15, 0.2) is 0 Å². The van der Waals surface area contributed by atoms with Crippen molar-refractivity contribution in [2.75, 3.05) is 6.54 Å². The van der Waals surface area contributed by atoms with Gasteiger partial charge in [0.2, 0.25) is 0 Å². The van der Waals surface area contributed by atoms with Crippen LogP contribution >= 0.6 is 0 Å². The molecule has 1 aromatic carbocycles. The highest BCUT2D eigenvalue weighted by Crippen LogP contribution is 2.14. The Labute approximate surface area is 98.1 Å². The van der Waals surface area contributed by atoms with Crippen molar-refractivity contribution in [1.29, 1.82) is 0 Å². The molecule has 16 heavy (non-hydrogen) atoms. The molecule has 0 fully saturated rings. The Morgan fingerprint density at radius 3 is 2.56 bits per heavy atom. The maximum Gasteiger partial charge on any atom is 0.126 e. The molecule has 0 aliphatic carbocycles. The van der Waals surface area contributed by atoms with Crippen molar-refractivity contribution >= 4 is 0 Å². The van der Waals surface area contributed by atoms with E-state index in [0.717, 1.165) is 24.1 Å². The molecule has 1 nitrogen and oxygen atoms in total.